The van der Waals surface area contributed by atoms with Crippen LogP contribution in [-0.2, 0) is 9.47 Å². The van der Waals surface area contributed by atoms with Crippen LogP contribution in [0.3, 0.4) is 0 Å². The Hall–Kier alpha value is -2.57. The zero-order chi connectivity index (χ0) is 18.6. The number of amides is 1. The van der Waals surface area contributed by atoms with Gasteiger partial charge in [0.25, 0.3) is 5.91 Å². The van der Waals surface area contributed by atoms with Gasteiger partial charge in [0.1, 0.15) is 12.4 Å². The molecule has 1 N–H and O–H groups in total. The molecule has 0 radical (unpaired) electrons. The van der Waals surface area contributed by atoms with Gasteiger partial charge in [-0.05, 0) is 31.2 Å². The van der Waals surface area contributed by atoms with E-state index in [-0.39, 0.29) is 5.91 Å². The van der Waals surface area contributed by atoms with Crippen molar-refractivity contribution in [3.63, 3.8) is 0 Å². The Balaban J connectivity index is 1.84. The first-order valence-electron chi connectivity index (χ1n) is 8.52. The first-order chi connectivity index (χ1) is 12.6. The summed E-state index contributed by atoms with van der Waals surface area (Å²) in [6.07, 6.45) is -0.642. The molecule has 0 saturated carbocycles. The topological polar surface area (TPSA) is 60.0 Å². The third-order valence-corrected chi connectivity index (χ3v) is 4.57. The van der Waals surface area contributed by atoms with E-state index in [0.29, 0.717) is 18.7 Å². The summed E-state index contributed by atoms with van der Waals surface area (Å²) in [5.74, 6) is 0.680. The van der Waals surface area contributed by atoms with Gasteiger partial charge < -0.3 is 24.4 Å². The minimum Gasteiger partial charge on any atom is -0.492 e. The van der Waals surface area contributed by atoms with E-state index in [1.54, 1.807) is 19.1 Å². The van der Waals surface area contributed by atoms with Gasteiger partial charge in [0.2, 0.25) is 0 Å². The number of hydrogen-bond donors (Lipinski definition) is 1. The molecule has 0 unspecified atom stereocenters. The van der Waals surface area contributed by atoms with E-state index < -0.39 is 12.0 Å². The molecule has 0 aromatic heterocycles. The maximum absolute atomic E-state index is 13.1. The molecular weight excluding hydrogens is 332 g/mol. The van der Waals surface area contributed by atoms with Crippen molar-refractivity contribution in [1.82, 2.24) is 4.90 Å². The highest BCUT2D eigenvalue weighted by Gasteiger charge is 2.47. The normalized spacial score (nSPS) is 19.2. The van der Waals surface area contributed by atoms with Gasteiger partial charge in [-0.25, -0.2) is 0 Å². The van der Waals surface area contributed by atoms with Gasteiger partial charge in [0, 0.05) is 19.9 Å². The highest BCUT2D eigenvalue weighted by molar-refractivity contribution is 6.02. The summed E-state index contributed by atoms with van der Waals surface area (Å²) in [5.41, 5.74) is 0.518. The molecule has 6 nitrogen and oxygen atoms in total. The van der Waals surface area contributed by atoms with E-state index in [4.69, 9.17) is 14.2 Å². The van der Waals surface area contributed by atoms with E-state index >= 15 is 0 Å². The Kier molecular flexibility index (Phi) is 5.44. The van der Waals surface area contributed by atoms with Crippen LogP contribution in [0.25, 0.3) is 0 Å². The minimum absolute atomic E-state index is 0.0855. The second-order valence-electron chi connectivity index (χ2n) is 6.24. The molecule has 3 rings (SSSR count). The lowest BCUT2D eigenvalue weighted by atomic mass is 10.00. The molecule has 0 saturated heterocycles. The van der Waals surface area contributed by atoms with Crippen molar-refractivity contribution in [2.45, 2.75) is 18.9 Å². The molecule has 0 spiro atoms. The van der Waals surface area contributed by atoms with Gasteiger partial charge in [0.05, 0.1) is 12.1 Å². The number of fused-ring (bicyclic) bond motifs is 1. The smallest absolute Gasteiger partial charge is 0.258 e. The summed E-state index contributed by atoms with van der Waals surface area (Å²) in [6.45, 7) is 2.63. The predicted octanol–water partition coefficient (Wildman–Crippen LogP) is 2.97. The number of para-hydroxylation sites is 2. The summed E-state index contributed by atoms with van der Waals surface area (Å²) in [5, 5.41) is 3.40. The average Bonchev–Trinajstić information content (AvgIpc) is 2.66. The van der Waals surface area contributed by atoms with Crippen LogP contribution in [0.2, 0.25) is 0 Å². The highest BCUT2D eigenvalue weighted by atomic mass is 16.7. The summed E-state index contributed by atoms with van der Waals surface area (Å²) in [7, 11) is 3.12. The van der Waals surface area contributed by atoms with Crippen LogP contribution in [0.15, 0.2) is 54.6 Å². The molecule has 0 bridgehead atoms. The molecular formula is C20H24N2O4. The molecule has 6 heteroatoms. The Morgan fingerprint density at radius 1 is 1.04 bits per heavy atom. The zero-order valence-corrected chi connectivity index (χ0v) is 15.3. The van der Waals surface area contributed by atoms with E-state index in [2.05, 4.69) is 5.32 Å². The summed E-state index contributed by atoms with van der Waals surface area (Å²) in [6, 6.07) is 17.0. The van der Waals surface area contributed by atoms with Gasteiger partial charge in [-0.2, -0.15) is 0 Å². The average molecular weight is 356 g/mol. The first kappa shape index (κ1) is 18.2. The second-order valence-corrected chi connectivity index (χ2v) is 6.24. The first-order valence-corrected chi connectivity index (χ1v) is 8.52. The number of benzene rings is 2. The van der Waals surface area contributed by atoms with Crippen molar-refractivity contribution in [1.29, 1.82) is 0 Å². The molecule has 0 aliphatic carbocycles. The maximum atomic E-state index is 13.1. The van der Waals surface area contributed by atoms with E-state index in [1.807, 2.05) is 61.5 Å². The van der Waals surface area contributed by atoms with E-state index in [9.17, 15) is 4.79 Å². The number of rotatable bonds is 7. The Bertz CT molecular complexity index is 748. The molecule has 1 aliphatic heterocycles. The van der Waals surface area contributed by atoms with Crippen LogP contribution in [0.5, 0.6) is 5.75 Å². The van der Waals surface area contributed by atoms with Crippen molar-refractivity contribution in [2.24, 2.45) is 0 Å². The number of carbonyl (C=O) groups excluding carboxylic acids is 1. The van der Waals surface area contributed by atoms with Crippen molar-refractivity contribution in [3.05, 3.63) is 60.2 Å². The number of nitrogens with one attached hydrogen (secondary N) is 1. The lowest BCUT2D eigenvalue weighted by molar-refractivity contribution is -0.168. The number of methoxy groups -OCH3 is 2. The van der Waals surface area contributed by atoms with Gasteiger partial charge in [-0.1, -0.05) is 30.3 Å². The lowest BCUT2D eigenvalue weighted by Crippen LogP contribution is -2.65. The molecule has 1 atom stereocenters. The monoisotopic (exact) mass is 356 g/mol. The lowest BCUT2D eigenvalue weighted by Gasteiger charge is -2.48. The Labute approximate surface area is 153 Å². The van der Waals surface area contributed by atoms with Crippen molar-refractivity contribution >= 4 is 11.6 Å². The second kappa shape index (κ2) is 7.76. The van der Waals surface area contributed by atoms with Gasteiger partial charge in [-0.15, -0.1) is 0 Å². The van der Waals surface area contributed by atoms with Crippen molar-refractivity contribution < 1.29 is 19.0 Å². The zero-order valence-electron chi connectivity index (χ0n) is 15.3. The summed E-state index contributed by atoms with van der Waals surface area (Å²) in [4.78, 5) is 14.8. The van der Waals surface area contributed by atoms with Gasteiger partial charge >= 0.3 is 0 Å². The number of carbonyl (C=O) groups is 1. The van der Waals surface area contributed by atoms with Crippen molar-refractivity contribution in [2.75, 3.05) is 32.7 Å². The number of hydrogen-bond acceptors (Lipinski definition) is 5. The largest absolute Gasteiger partial charge is 0.492 e. The van der Waals surface area contributed by atoms with Gasteiger partial charge in [0.15, 0.2) is 12.0 Å². The fraction of sp³-hybridized carbons (Fsp3) is 0.350. The third-order valence-electron chi connectivity index (χ3n) is 4.57. The number of nitrogens with zero attached hydrogens (tertiary/aromatic N) is 1. The molecule has 26 heavy (non-hydrogen) atoms. The van der Waals surface area contributed by atoms with Crippen molar-refractivity contribution in [3.8, 4) is 5.75 Å². The summed E-state index contributed by atoms with van der Waals surface area (Å²) >= 11 is 0. The molecule has 2 aromatic rings. The van der Waals surface area contributed by atoms with Crippen LogP contribution in [0, 0.1) is 0 Å². The summed E-state index contributed by atoms with van der Waals surface area (Å²) < 4.78 is 16.7. The maximum Gasteiger partial charge on any atom is 0.258 e. The van der Waals surface area contributed by atoms with Crippen LogP contribution in [0.1, 0.15) is 17.3 Å². The highest BCUT2D eigenvalue weighted by Crippen LogP contribution is 2.34. The standard InChI is InChI=1S/C20H24N2O4/c1-20(19(24-2)25-3)21-17-12-8-7-11-16(17)18(23)22(20)13-14-26-15-9-5-4-6-10-15/h4-12,19,21H,13-14H2,1-3H3/t20-/m0/s1. The van der Waals surface area contributed by atoms with E-state index in [1.165, 1.54) is 0 Å². The van der Waals surface area contributed by atoms with Crippen LogP contribution in [0.4, 0.5) is 5.69 Å². The predicted molar refractivity (Wildman–Crippen MR) is 99.2 cm³/mol. The van der Waals surface area contributed by atoms with Crippen LogP contribution >= 0.6 is 0 Å². The molecule has 1 amide bonds. The fourth-order valence-corrected chi connectivity index (χ4v) is 3.32. The quantitative estimate of drug-likeness (QED) is 0.773. The Morgan fingerprint density at radius 2 is 1.69 bits per heavy atom. The third kappa shape index (κ3) is 3.38. The number of anilines is 1. The molecule has 2 aromatic carbocycles. The molecule has 0 fully saturated rings. The van der Waals surface area contributed by atoms with Crippen LogP contribution in [-0.4, -0.2) is 50.1 Å². The number of ether oxygens (including phenoxy) is 3. The minimum atomic E-state index is -0.866. The SMILES string of the molecule is COC(OC)[C@@]1(C)Nc2ccccc2C(=O)N1CCOc1ccccc1. The molecule has 138 valence electrons. The van der Waals surface area contributed by atoms with Crippen LogP contribution < -0.4 is 10.1 Å². The molecule has 1 aliphatic rings. The molecule has 1 heterocycles. The fourth-order valence-electron chi connectivity index (χ4n) is 3.32. The van der Waals surface area contributed by atoms with E-state index in [0.717, 1.165) is 11.4 Å². The Morgan fingerprint density at radius 3 is 2.38 bits per heavy atom. The van der Waals surface area contributed by atoms with Gasteiger partial charge in [-0.3, -0.25) is 4.79 Å².